The Bertz CT molecular complexity index is 115. The summed E-state index contributed by atoms with van der Waals surface area (Å²) in [6.07, 6.45) is -4.39. The third kappa shape index (κ3) is 0.900. The van der Waals surface area contributed by atoms with Crippen LogP contribution >= 0.6 is 0 Å². The number of halogens is 3. The smallest absolute Gasteiger partial charge is 0.344 e. The van der Waals surface area contributed by atoms with E-state index in [2.05, 4.69) is 9.47 Å². The van der Waals surface area contributed by atoms with Crippen LogP contribution in [0.4, 0.5) is 13.2 Å². The number of rotatable bonds is 1. The normalized spacial score (nSPS) is 34.7. The van der Waals surface area contributed by atoms with E-state index in [4.69, 9.17) is 0 Å². The van der Waals surface area contributed by atoms with Crippen molar-refractivity contribution in [3.63, 3.8) is 0 Å². The fourth-order valence-corrected chi connectivity index (χ4v) is 0.463. The van der Waals surface area contributed by atoms with Gasteiger partial charge in [-0.2, -0.15) is 13.2 Å². The second-order valence-corrected chi connectivity index (χ2v) is 1.74. The molecule has 0 saturated carbocycles. The Morgan fingerprint density at radius 3 is 2.00 bits per heavy atom. The van der Waals surface area contributed by atoms with E-state index in [1.165, 1.54) is 0 Å². The molecule has 1 aliphatic rings. The zero-order chi connectivity index (χ0) is 7.12. The first-order valence-corrected chi connectivity index (χ1v) is 2.28. The zero-order valence-corrected chi connectivity index (χ0v) is 4.66. The van der Waals surface area contributed by atoms with Gasteiger partial charge in [0.2, 0.25) is 0 Å². The molecule has 1 heterocycles. The van der Waals surface area contributed by atoms with E-state index < -0.39 is 12.0 Å². The van der Waals surface area contributed by atoms with Crippen LogP contribution in [0.5, 0.6) is 0 Å². The summed E-state index contributed by atoms with van der Waals surface area (Å²) >= 11 is 0. The summed E-state index contributed by atoms with van der Waals surface area (Å²) in [7, 11) is 0.973. The van der Waals surface area contributed by atoms with Gasteiger partial charge in [0.05, 0.1) is 0 Å². The van der Waals surface area contributed by atoms with Crippen LogP contribution in [0.1, 0.15) is 0 Å². The van der Waals surface area contributed by atoms with Gasteiger partial charge < -0.3 is 9.47 Å². The summed E-state index contributed by atoms with van der Waals surface area (Å²) in [5, 5.41) is 0. The number of ether oxygens (including phenoxy) is 2. The SMILES string of the molecule is COC1(C(F)(F)F)CO1. The van der Waals surface area contributed by atoms with Crippen LogP contribution in [0, 0.1) is 0 Å². The summed E-state index contributed by atoms with van der Waals surface area (Å²) < 4.78 is 43.1. The summed E-state index contributed by atoms with van der Waals surface area (Å²) in [6.45, 7) is -0.382. The molecule has 0 spiro atoms. The van der Waals surface area contributed by atoms with Crippen LogP contribution in [0.2, 0.25) is 0 Å². The number of alkyl halides is 3. The van der Waals surface area contributed by atoms with Crippen molar-refractivity contribution in [3.05, 3.63) is 0 Å². The van der Waals surface area contributed by atoms with E-state index in [0.717, 1.165) is 7.11 Å². The summed E-state index contributed by atoms with van der Waals surface area (Å²) in [5.74, 6) is -2.27. The van der Waals surface area contributed by atoms with Crippen molar-refractivity contribution in [2.75, 3.05) is 13.7 Å². The highest BCUT2D eigenvalue weighted by molar-refractivity contribution is 4.89. The highest BCUT2D eigenvalue weighted by Crippen LogP contribution is 2.43. The average Bonchev–Trinajstić information content (AvgIpc) is 2.40. The first-order chi connectivity index (χ1) is 4.02. The molecule has 0 aromatic rings. The van der Waals surface area contributed by atoms with Crippen molar-refractivity contribution in [2.45, 2.75) is 12.0 Å². The molecule has 0 radical (unpaired) electrons. The minimum atomic E-state index is -4.39. The standard InChI is InChI=1S/C4H5F3O2/c1-8-3(2-9-3)4(5,6)7/h2H2,1H3. The topological polar surface area (TPSA) is 21.8 Å². The minimum absolute atomic E-state index is 0.382. The molecule has 1 fully saturated rings. The van der Waals surface area contributed by atoms with Gasteiger partial charge in [0.15, 0.2) is 0 Å². The van der Waals surface area contributed by atoms with Gasteiger partial charge in [-0.15, -0.1) is 0 Å². The molecule has 54 valence electrons. The average molecular weight is 142 g/mol. The highest BCUT2D eigenvalue weighted by atomic mass is 19.4. The van der Waals surface area contributed by atoms with E-state index in [9.17, 15) is 13.2 Å². The summed E-state index contributed by atoms with van der Waals surface area (Å²) in [5.41, 5.74) is 0. The predicted octanol–water partition coefficient (Wildman–Crippen LogP) is 0.922. The van der Waals surface area contributed by atoms with Crippen LogP contribution in [-0.2, 0) is 9.47 Å². The monoisotopic (exact) mass is 142 g/mol. The van der Waals surface area contributed by atoms with Crippen LogP contribution in [0.15, 0.2) is 0 Å². The van der Waals surface area contributed by atoms with Crippen molar-refractivity contribution >= 4 is 0 Å². The van der Waals surface area contributed by atoms with E-state index in [1.54, 1.807) is 0 Å². The van der Waals surface area contributed by atoms with E-state index in [-0.39, 0.29) is 6.61 Å². The molecule has 9 heavy (non-hydrogen) atoms. The van der Waals surface area contributed by atoms with E-state index in [1.807, 2.05) is 0 Å². The Labute approximate surface area is 49.6 Å². The van der Waals surface area contributed by atoms with Crippen molar-refractivity contribution in [2.24, 2.45) is 0 Å². The quantitative estimate of drug-likeness (QED) is 0.508. The summed E-state index contributed by atoms with van der Waals surface area (Å²) in [6, 6.07) is 0. The van der Waals surface area contributed by atoms with Gasteiger partial charge >= 0.3 is 6.18 Å². The molecule has 0 aromatic carbocycles. The van der Waals surface area contributed by atoms with Crippen molar-refractivity contribution < 1.29 is 22.6 Å². The third-order valence-electron chi connectivity index (χ3n) is 1.17. The van der Waals surface area contributed by atoms with Crippen LogP contribution in [0.3, 0.4) is 0 Å². The van der Waals surface area contributed by atoms with Gasteiger partial charge in [0.1, 0.15) is 6.61 Å². The Hall–Kier alpha value is -0.290. The Morgan fingerprint density at radius 2 is 2.00 bits per heavy atom. The van der Waals surface area contributed by atoms with Crippen molar-refractivity contribution in [1.29, 1.82) is 0 Å². The molecular formula is C4H5F3O2. The Balaban J connectivity index is 2.60. The van der Waals surface area contributed by atoms with Crippen molar-refractivity contribution in [1.82, 2.24) is 0 Å². The maximum atomic E-state index is 11.6. The lowest BCUT2D eigenvalue weighted by atomic mass is 10.4. The van der Waals surface area contributed by atoms with Gasteiger partial charge in [0, 0.05) is 7.11 Å². The van der Waals surface area contributed by atoms with Crippen LogP contribution < -0.4 is 0 Å². The second-order valence-electron chi connectivity index (χ2n) is 1.74. The van der Waals surface area contributed by atoms with Gasteiger partial charge in [-0.3, -0.25) is 0 Å². The minimum Gasteiger partial charge on any atom is -0.344 e. The molecule has 0 amide bonds. The Kier molecular flexibility index (Phi) is 1.22. The first-order valence-electron chi connectivity index (χ1n) is 2.28. The molecule has 1 aliphatic heterocycles. The third-order valence-corrected chi connectivity index (χ3v) is 1.17. The van der Waals surface area contributed by atoms with Crippen LogP contribution in [0.25, 0.3) is 0 Å². The number of hydrogen-bond acceptors (Lipinski definition) is 2. The lowest BCUT2D eigenvalue weighted by molar-refractivity contribution is -0.262. The predicted molar refractivity (Wildman–Crippen MR) is 21.7 cm³/mol. The largest absolute Gasteiger partial charge is 0.445 e. The molecule has 0 N–H and O–H groups in total. The molecule has 0 bridgehead atoms. The molecular weight excluding hydrogens is 137 g/mol. The molecule has 1 rings (SSSR count). The van der Waals surface area contributed by atoms with E-state index in [0.29, 0.717) is 0 Å². The molecule has 1 atom stereocenters. The maximum Gasteiger partial charge on any atom is 0.445 e. The van der Waals surface area contributed by atoms with Gasteiger partial charge in [0.25, 0.3) is 5.79 Å². The zero-order valence-electron chi connectivity index (χ0n) is 4.66. The number of hydrogen-bond donors (Lipinski definition) is 0. The maximum absolute atomic E-state index is 11.6. The van der Waals surface area contributed by atoms with Gasteiger partial charge in [-0.1, -0.05) is 0 Å². The molecule has 0 aromatic heterocycles. The van der Waals surface area contributed by atoms with E-state index >= 15 is 0 Å². The van der Waals surface area contributed by atoms with Crippen LogP contribution in [-0.4, -0.2) is 25.7 Å². The summed E-state index contributed by atoms with van der Waals surface area (Å²) in [4.78, 5) is 0. The lowest BCUT2D eigenvalue weighted by Crippen LogP contribution is -2.34. The molecule has 0 aliphatic carbocycles. The fourth-order valence-electron chi connectivity index (χ4n) is 0.463. The Morgan fingerprint density at radius 1 is 1.56 bits per heavy atom. The molecule has 1 saturated heterocycles. The number of epoxide rings is 1. The molecule has 1 unspecified atom stereocenters. The molecule has 2 nitrogen and oxygen atoms in total. The second kappa shape index (κ2) is 1.60. The highest BCUT2D eigenvalue weighted by Gasteiger charge is 2.67. The molecule has 5 heteroatoms. The number of methoxy groups -OCH3 is 1. The first kappa shape index (κ1) is 6.82. The van der Waals surface area contributed by atoms with Gasteiger partial charge in [-0.25, -0.2) is 0 Å². The lowest BCUT2D eigenvalue weighted by Gasteiger charge is -2.12. The van der Waals surface area contributed by atoms with Crippen molar-refractivity contribution in [3.8, 4) is 0 Å². The fraction of sp³-hybridized carbons (Fsp3) is 1.00. The van der Waals surface area contributed by atoms with Gasteiger partial charge in [-0.05, 0) is 0 Å².